The molecule has 0 radical (unpaired) electrons. The van der Waals surface area contributed by atoms with Crippen LogP contribution in [0.2, 0.25) is 0 Å². The van der Waals surface area contributed by atoms with Crippen LogP contribution in [0.5, 0.6) is 5.75 Å². The van der Waals surface area contributed by atoms with Crippen LogP contribution in [0.3, 0.4) is 0 Å². The number of hydrogen-bond acceptors (Lipinski definition) is 2. The molecule has 2 aromatic rings. The van der Waals surface area contributed by atoms with E-state index in [9.17, 15) is 0 Å². The highest BCUT2D eigenvalue weighted by molar-refractivity contribution is 8.02. The minimum absolute atomic E-state index is 0.774. The lowest BCUT2D eigenvalue weighted by Gasteiger charge is -2.20. The van der Waals surface area contributed by atoms with Crippen molar-refractivity contribution in [2.24, 2.45) is 0 Å². The number of fused-ring (bicyclic) bond motifs is 1. The summed E-state index contributed by atoms with van der Waals surface area (Å²) in [5.41, 5.74) is 5.23. The Balaban J connectivity index is 1.91. The van der Waals surface area contributed by atoms with Crippen LogP contribution in [-0.4, -0.2) is 6.61 Å². The van der Waals surface area contributed by atoms with Gasteiger partial charge in [-0.1, -0.05) is 41.6 Å². The van der Waals surface area contributed by atoms with Gasteiger partial charge in [0.25, 0.3) is 0 Å². The van der Waals surface area contributed by atoms with E-state index in [1.54, 1.807) is 11.8 Å². The van der Waals surface area contributed by atoms with Gasteiger partial charge in [-0.25, -0.2) is 0 Å². The number of benzene rings is 2. The fraction of sp³-hybridized carbons (Fsp3) is 0.222. The largest absolute Gasteiger partial charge is 0.493 e. The highest BCUT2D eigenvalue weighted by Crippen LogP contribution is 2.36. The van der Waals surface area contributed by atoms with E-state index in [-0.39, 0.29) is 0 Å². The van der Waals surface area contributed by atoms with Gasteiger partial charge in [-0.2, -0.15) is 0 Å². The molecule has 1 heterocycles. The molecule has 2 heteroatoms. The van der Waals surface area contributed by atoms with Crippen LogP contribution in [0.15, 0.2) is 52.8 Å². The van der Waals surface area contributed by atoms with Gasteiger partial charge in [-0.15, -0.1) is 0 Å². The maximum absolute atomic E-state index is 5.73. The van der Waals surface area contributed by atoms with Crippen molar-refractivity contribution in [1.82, 2.24) is 0 Å². The molecule has 0 saturated heterocycles. The number of rotatable bonds is 2. The standard InChI is InChI=1S/C18H18OS/c1-13-7-8-17-16(11-13)15(9-10-19-17)12-20-18-6-4-3-5-14(18)2/h3-8,11-12H,9-10H2,1-2H3/b15-12+. The van der Waals surface area contributed by atoms with Crippen molar-refractivity contribution in [2.45, 2.75) is 25.2 Å². The Labute approximate surface area is 124 Å². The molecule has 0 fully saturated rings. The Morgan fingerprint density at radius 1 is 1.10 bits per heavy atom. The van der Waals surface area contributed by atoms with E-state index in [0.29, 0.717) is 0 Å². The average molecular weight is 282 g/mol. The van der Waals surface area contributed by atoms with Gasteiger partial charge in [0, 0.05) is 16.9 Å². The second-order valence-corrected chi connectivity index (χ2v) is 6.04. The zero-order valence-electron chi connectivity index (χ0n) is 11.8. The van der Waals surface area contributed by atoms with Gasteiger partial charge in [0.15, 0.2) is 0 Å². The SMILES string of the molecule is Cc1ccc2c(c1)/C(=C/Sc1ccccc1C)CCO2. The normalized spacial score (nSPS) is 15.8. The molecule has 0 atom stereocenters. The summed E-state index contributed by atoms with van der Waals surface area (Å²) in [6, 6.07) is 14.9. The molecule has 1 aliphatic rings. The van der Waals surface area contributed by atoms with Crippen LogP contribution in [0.25, 0.3) is 5.57 Å². The summed E-state index contributed by atoms with van der Waals surface area (Å²) in [7, 11) is 0. The number of ether oxygens (including phenoxy) is 1. The first-order valence-corrected chi connectivity index (χ1v) is 7.77. The van der Waals surface area contributed by atoms with Gasteiger partial charge >= 0.3 is 0 Å². The zero-order chi connectivity index (χ0) is 13.9. The van der Waals surface area contributed by atoms with Gasteiger partial charge in [0.2, 0.25) is 0 Å². The van der Waals surface area contributed by atoms with Crippen LogP contribution in [0.1, 0.15) is 23.1 Å². The molecule has 0 aliphatic carbocycles. The monoisotopic (exact) mass is 282 g/mol. The van der Waals surface area contributed by atoms with Crippen molar-refractivity contribution < 1.29 is 4.74 Å². The van der Waals surface area contributed by atoms with Gasteiger partial charge in [0.05, 0.1) is 6.61 Å². The number of thioether (sulfide) groups is 1. The quantitative estimate of drug-likeness (QED) is 0.698. The van der Waals surface area contributed by atoms with Crippen molar-refractivity contribution in [3.05, 3.63) is 64.6 Å². The number of hydrogen-bond donors (Lipinski definition) is 0. The lowest BCUT2D eigenvalue weighted by atomic mass is 9.99. The van der Waals surface area contributed by atoms with Crippen molar-refractivity contribution in [3.8, 4) is 5.75 Å². The van der Waals surface area contributed by atoms with Crippen molar-refractivity contribution >= 4 is 17.3 Å². The maximum Gasteiger partial charge on any atom is 0.126 e. The van der Waals surface area contributed by atoms with Crippen LogP contribution in [0, 0.1) is 13.8 Å². The van der Waals surface area contributed by atoms with Crippen molar-refractivity contribution in [1.29, 1.82) is 0 Å². The molecule has 102 valence electrons. The molecule has 0 unspecified atom stereocenters. The van der Waals surface area contributed by atoms with E-state index in [1.807, 2.05) is 0 Å². The van der Waals surface area contributed by atoms with Crippen molar-refractivity contribution in [2.75, 3.05) is 6.61 Å². The third kappa shape index (κ3) is 2.75. The van der Waals surface area contributed by atoms with Gasteiger partial charge in [0.1, 0.15) is 5.75 Å². The van der Waals surface area contributed by atoms with Crippen LogP contribution in [0.4, 0.5) is 0 Å². The third-order valence-corrected chi connectivity index (χ3v) is 4.65. The molecule has 0 amide bonds. The lowest BCUT2D eigenvalue weighted by Crippen LogP contribution is -2.07. The van der Waals surface area contributed by atoms with Crippen LogP contribution in [-0.2, 0) is 0 Å². The fourth-order valence-electron chi connectivity index (χ4n) is 2.37. The molecule has 3 rings (SSSR count). The highest BCUT2D eigenvalue weighted by atomic mass is 32.2. The minimum Gasteiger partial charge on any atom is -0.493 e. The van der Waals surface area contributed by atoms with E-state index < -0.39 is 0 Å². The zero-order valence-corrected chi connectivity index (χ0v) is 12.7. The summed E-state index contributed by atoms with van der Waals surface area (Å²) < 4.78 is 5.73. The molecule has 0 saturated carbocycles. The van der Waals surface area contributed by atoms with E-state index in [2.05, 4.69) is 61.7 Å². The first kappa shape index (κ1) is 13.3. The third-order valence-electron chi connectivity index (χ3n) is 3.53. The molecule has 0 N–H and O–H groups in total. The smallest absolute Gasteiger partial charge is 0.126 e. The van der Waals surface area contributed by atoms with Crippen molar-refractivity contribution in [3.63, 3.8) is 0 Å². The van der Waals surface area contributed by atoms with E-state index in [4.69, 9.17) is 4.74 Å². The molecular formula is C18H18OS. The minimum atomic E-state index is 0.774. The average Bonchev–Trinajstić information content (AvgIpc) is 2.46. The Bertz CT molecular complexity index is 658. The van der Waals surface area contributed by atoms with Crippen LogP contribution >= 0.6 is 11.8 Å². The second kappa shape index (κ2) is 5.76. The Hall–Kier alpha value is -1.67. The number of aryl methyl sites for hydroxylation is 2. The molecule has 20 heavy (non-hydrogen) atoms. The molecule has 1 nitrogen and oxygen atoms in total. The second-order valence-electron chi connectivity index (χ2n) is 5.12. The molecule has 0 aromatic heterocycles. The van der Waals surface area contributed by atoms with Gasteiger partial charge in [-0.05, 0) is 48.6 Å². The van der Waals surface area contributed by atoms with E-state index in [1.165, 1.54) is 27.2 Å². The van der Waals surface area contributed by atoms with Crippen LogP contribution < -0.4 is 4.74 Å². The summed E-state index contributed by atoms with van der Waals surface area (Å²) in [6.07, 6.45) is 0.981. The summed E-state index contributed by atoms with van der Waals surface area (Å²) in [4.78, 5) is 1.32. The predicted molar refractivity (Wildman–Crippen MR) is 86.3 cm³/mol. The van der Waals surface area contributed by atoms with E-state index >= 15 is 0 Å². The summed E-state index contributed by atoms with van der Waals surface area (Å²) in [6.45, 7) is 5.06. The summed E-state index contributed by atoms with van der Waals surface area (Å²) in [5.74, 6) is 1.01. The maximum atomic E-state index is 5.73. The van der Waals surface area contributed by atoms with Gasteiger partial charge in [-0.3, -0.25) is 0 Å². The Morgan fingerprint density at radius 2 is 1.95 bits per heavy atom. The Kier molecular flexibility index (Phi) is 3.83. The summed E-state index contributed by atoms with van der Waals surface area (Å²) >= 11 is 1.81. The van der Waals surface area contributed by atoms with Gasteiger partial charge < -0.3 is 4.74 Å². The molecular weight excluding hydrogens is 264 g/mol. The Morgan fingerprint density at radius 3 is 2.80 bits per heavy atom. The summed E-state index contributed by atoms with van der Waals surface area (Å²) in [5, 5.41) is 2.28. The molecule has 0 bridgehead atoms. The fourth-order valence-corrected chi connectivity index (χ4v) is 3.30. The topological polar surface area (TPSA) is 9.23 Å². The molecule has 1 aliphatic heterocycles. The first-order valence-electron chi connectivity index (χ1n) is 6.89. The molecule has 0 spiro atoms. The molecule has 2 aromatic carbocycles. The predicted octanol–water partition coefficient (Wildman–Crippen LogP) is 5.22. The lowest BCUT2D eigenvalue weighted by molar-refractivity contribution is 0.316. The van der Waals surface area contributed by atoms with E-state index in [0.717, 1.165) is 18.8 Å². The first-order chi connectivity index (χ1) is 9.74. The highest BCUT2D eigenvalue weighted by Gasteiger charge is 2.15.